The number of hydrogen-bond acceptors (Lipinski definition) is 7. The first-order valence-corrected chi connectivity index (χ1v) is 13.0. The molecule has 7 heteroatoms. The Morgan fingerprint density at radius 1 is 0.794 bits per heavy atom. The van der Waals surface area contributed by atoms with Gasteiger partial charge in [0.25, 0.3) is 0 Å². The van der Waals surface area contributed by atoms with Crippen LogP contribution in [0.5, 0.6) is 23.0 Å². The molecule has 0 unspecified atom stereocenters. The Morgan fingerprint density at radius 3 is 1.97 bits per heavy atom. The van der Waals surface area contributed by atoms with Crippen molar-refractivity contribution in [2.45, 2.75) is 57.3 Å². The van der Waals surface area contributed by atoms with Crippen molar-refractivity contribution in [3.8, 4) is 23.0 Å². The molecule has 34 heavy (non-hydrogen) atoms. The van der Waals surface area contributed by atoms with Gasteiger partial charge in [0.15, 0.2) is 0 Å². The number of aliphatic imine (C=N–C) groups is 2. The molecule has 0 bridgehead atoms. The van der Waals surface area contributed by atoms with E-state index in [2.05, 4.69) is 23.8 Å². The number of unbranched alkanes of at least 4 members (excludes halogenated alkanes) is 2. The van der Waals surface area contributed by atoms with Crippen LogP contribution in [0.1, 0.15) is 62.6 Å². The number of hydrogen-bond donors (Lipinski definition) is 2. The lowest BCUT2D eigenvalue weighted by Gasteiger charge is -2.10. The average Bonchev–Trinajstić information content (AvgIpc) is 2.85. The number of methoxy groups -OCH3 is 2. The van der Waals surface area contributed by atoms with Crippen molar-refractivity contribution in [1.29, 1.82) is 0 Å². The van der Waals surface area contributed by atoms with Crippen molar-refractivity contribution in [2.24, 2.45) is 9.98 Å². The maximum atomic E-state index is 10.6. The topological polar surface area (TPSA) is 83.6 Å². The minimum Gasteiger partial charge on any atom is -0.507 e. The molecule has 0 aliphatic heterocycles. The number of aromatic hydroxyl groups is 2. The summed E-state index contributed by atoms with van der Waals surface area (Å²) in [5.41, 5.74) is 2.21. The summed E-state index contributed by atoms with van der Waals surface area (Å²) in [6.45, 7) is 5.44. The highest BCUT2D eigenvalue weighted by Crippen LogP contribution is 2.35. The molecule has 0 radical (unpaired) electrons. The van der Waals surface area contributed by atoms with Crippen LogP contribution in [0.25, 0.3) is 0 Å². The van der Waals surface area contributed by atoms with Crippen LogP contribution in [0, 0.1) is 0 Å². The summed E-state index contributed by atoms with van der Waals surface area (Å²) in [7, 11) is 3.25. The number of nitrogens with zero attached hydrogens (tertiary/aromatic N) is 2. The third kappa shape index (κ3) is 8.60. The van der Waals surface area contributed by atoms with E-state index in [9.17, 15) is 10.2 Å². The second kappa shape index (κ2) is 15.3. The Morgan fingerprint density at radius 2 is 1.38 bits per heavy atom. The number of phenolic OH excluding ortho intramolecular Hbond substituents is 2. The summed E-state index contributed by atoms with van der Waals surface area (Å²) in [6.07, 6.45) is 9.24. The van der Waals surface area contributed by atoms with Gasteiger partial charge >= 0.3 is 0 Å². The summed E-state index contributed by atoms with van der Waals surface area (Å²) in [4.78, 5) is 9.73. The third-order valence-corrected chi connectivity index (χ3v) is 6.45. The summed E-state index contributed by atoms with van der Waals surface area (Å²) in [6, 6.07) is 7.35. The maximum Gasteiger partial charge on any atom is 0.138 e. The number of thioether (sulfide) groups is 1. The molecule has 0 spiro atoms. The quantitative estimate of drug-likeness (QED) is 0.176. The van der Waals surface area contributed by atoms with Gasteiger partial charge in [0, 0.05) is 36.6 Å². The van der Waals surface area contributed by atoms with Crippen LogP contribution in [0.15, 0.2) is 39.1 Å². The second-order valence-corrected chi connectivity index (χ2v) is 9.15. The second-order valence-electron chi connectivity index (χ2n) is 8.02. The molecule has 186 valence electrons. The van der Waals surface area contributed by atoms with Gasteiger partial charge in [-0.2, -0.15) is 0 Å². The van der Waals surface area contributed by atoms with E-state index in [-0.39, 0.29) is 11.5 Å². The fourth-order valence-corrected chi connectivity index (χ4v) is 4.40. The molecule has 0 atom stereocenters. The summed E-state index contributed by atoms with van der Waals surface area (Å²) in [5, 5.41) is 21.2. The van der Waals surface area contributed by atoms with Crippen molar-refractivity contribution < 1.29 is 19.7 Å². The van der Waals surface area contributed by atoms with Crippen LogP contribution in [-0.4, -0.2) is 55.7 Å². The van der Waals surface area contributed by atoms with E-state index in [1.807, 2.05) is 12.1 Å². The van der Waals surface area contributed by atoms with Crippen LogP contribution < -0.4 is 9.47 Å². The normalized spacial score (nSPS) is 11.5. The number of ether oxygens (including phenoxy) is 2. The monoisotopic (exact) mass is 486 g/mol. The fourth-order valence-electron chi connectivity index (χ4n) is 3.30. The first-order chi connectivity index (χ1) is 16.5. The van der Waals surface area contributed by atoms with Crippen LogP contribution >= 0.6 is 11.8 Å². The highest BCUT2D eigenvalue weighted by atomic mass is 32.2. The van der Waals surface area contributed by atoms with E-state index >= 15 is 0 Å². The van der Waals surface area contributed by atoms with Crippen molar-refractivity contribution in [1.82, 2.24) is 0 Å². The molecule has 0 amide bonds. The Hall–Kier alpha value is -2.67. The van der Waals surface area contributed by atoms with Gasteiger partial charge in [-0.15, -0.1) is 11.8 Å². The SMILES string of the molecule is CCCCSc1cc(OC)cc(C=NCCCN=Cc2cc(OC)cc(CCCC)c2O)c1O. The van der Waals surface area contributed by atoms with Gasteiger partial charge < -0.3 is 19.7 Å². The van der Waals surface area contributed by atoms with Gasteiger partial charge in [0.05, 0.1) is 19.1 Å². The molecular weight excluding hydrogens is 448 g/mol. The Labute approximate surface area is 208 Å². The summed E-state index contributed by atoms with van der Waals surface area (Å²) in [5.74, 6) is 2.90. The zero-order valence-electron chi connectivity index (χ0n) is 20.8. The van der Waals surface area contributed by atoms with Crippen LogP contribution in [-0.2, 0) is 6.42 Å². The van der Waals surface area contributed by atoms with E-state index in [4.69, 9.17) is 9.47 Å². The fraction of sp³-hybridized carbons (Fsp3) is 0.481. The van der Waals surface area contributed by atoms with Crippen molar-refractivity contribution >= 4 is 24.2 Å². The molecule has 0 aliphatic rings. The molecule has 0 aromatic heterocycles. The molecule has 0 heterocycles. The zero-order chi connectivity index (χ0) is 24.8. The molecule has 2 aromatic rings. The Bertz CT molecular complexity index is 960. The van der Waals surface area contributed by atoms with E-state index < -0.39 is 0 Å². The average molecular weight is 487 g/mol. The lowest BCUT2D eigenvalue weighted by Crippen LogP contribution is -1.95. The predicted octanol–water partition coefficient (Wildman–Crippen LogP) is 6.28. The molecule has 0 saturated carbocycles. The number of benzene rings is 2. The first kappa shape index (κ1) is 27.6. The van der Waals surface area contributed by atoms with Crippen LogP contribution in [0.4, 0.5) is 0 Å². The smallest absolute Gasteiger partial charge is 0.138 e. The van der Waals surface area contributed by atoms with Gasteiger partial charge in [0.1, 0.15) is 23.0 Å². The van der Waals surface area contributed by atoms with Crippen molar-refractivity contribution in [2.75, 3.05) is 33.1 Å². The van der Waals surface area contributed by atoms with E-state index in [1.54, 1.807) is 50.5 Å². The highest BCUT2D eigenvalue weighted by Gasteiger charge is 2.10. The summed E-state index contributed by atoms with van der Waals surface area (Å²) >= 11 is 1.63. The predicted molar refractivity (Wildman–Crippen MR) is 143 cm³/mol. The molecule has 0 aliphatic carbocycles. The summed E-state index contributed by atoms with van der Waals surface area (Å²) < 4.78 is 10.8. The van der Waals surface area contributed by atoms with Crippen molar-refractivity contribution in [3.05, 3.63) is 41.0 Å². The number of rotatable bonds is 15. The van der Waals surface area contributed by atoms with Gasteiger partial charge in [-0.1, -0.05) is 26.7 Å². The highest BCUT2D eigenvalue weighted by molar-refractivity contribution is 7.99. The minimum absolute atomic E-state index is 0.246. The lowest BCUT2D eigenvalue weighted by atomic mass is 10.0. The largest absolute Gasteiger partial charge is 0.507 e. The van der Waals surface area contributed by atoms with Crippen LogP contribution in [0.3, 0.4) is 0 Å². The van der Waals surface area contributed by atoms with Gasteiger partial charge in [-0.05, 0) is 61.3 Å². The standard InChI is InChI=1S/C27H38N2O4S/c1-5-7-10-20-14-23(32-3)15-21(26(20)30)18-28-11-9-12-29-19-22-16-24(33-4)17-25(27(22)31)34-13-8-6-2/h14-19,30-31H,5-13H2,1-4H3. The minimum atomic E-state index is 0.246. The maximum absolute atomic E-state index is 10.6. The Balaban J connectivity index is 1.95. The molecule has 6 nitrogen and oxygen atoms in total. The third-order valence-electron chi connectivity index (χ3n) is 5.33. The van der Waals surface area contributed by atoms with Gasteiger partial charge in [-0.25, -0.2) is 0 Å². The van der Waals surface area contributed by atoms with E-state index in [1.165, 1.54) is 0 Å². The molecular formula is C27H38N2O4S. The van der Waals surface area contributed by atoms with E-state index in [0.29, 0.717) is 30.0 Å². The molecule has 2 aromatic carbocycles. The van der Waals surface area contributed by atoms with Gasteiger partial charge in [0.2, 0.25) is 0 Å². The molecule has 0 saturated heterocycles. The molecule has 0 fully saturated rings. The van der Waals surface area contributed by atoms with Crippen molar-refractivity contribution in [3.63, 3.8) is 0 Å². The van der Waals surface area contributed by atoms with Crippen LogP contribution in [0.2, 0.25) is 0 Å². The number of aryl methyl sites for hydroxylation is 1. The molecule has 2 rings (SSSR count). The van der Waals surface area contributed by atoms with Gasteiger partial charge in [-0.3, -0.25) is 9.98 Å². The Kier molecular flexibility index (Phi) is 12.4. The molecule has 2 N–H and O–H groups in total. The lowest BCUT2D eigenvalue weighted by molar-refractivity contribution is 0.409. The number of phenols is 2. The zero-order valence-corrected chi connectivity index (χ0v) is 21.7. The van der Waals surface area contributed by atoms with E-state index in [0.717, 1.165) is 60.5 Å². The first-order valence-electron chi connectivity index (χ1n) is 12.0.